The zero-order valence-electron chi connectivity index (χ0n) is 13.8. The molecule has 0 unspecified atom stereocenters. The number of hydrogen-bond acceptors (Lipinski definition) is 2. The summed E-state index contributed by atoms with van der Waals surface area (Å²) in [6.07, 6.45) is 1.36. The first-order valence-electron chi connectivity index (χ1n) is 8.53. The van der Waals surface area contributed by atoms with Crippen LogP contribution < -0.4 is 5.32 Å². The van der Waals surface area contributed by atoms with Gasteiger partial charge in [-0.15, -0.1) is 0 Å². The van der Waals surface area contributed by atoms with E-state index >= 15 is 0 Å². The maximum absolute atomic E-state index is 13.4. The highest BCUT2D eigenvalue weighted by atomic mass is 19.4. The highest BCUT2D eigenvalue weighted by Crippen LogP contribution is 2.36. The lowest BCUT2D eigenvalue weighted by molar-refractivity contribution is -0.137. The summed E-state index contributed by atoms with van der Waals surface area (Å²) in [7, 11) is 0. The summed E-state index contributed by atoms with van der Waals surface area (Å²) >= 11 is 0. The molecule has 3 nitrogen and oxygen atoms in total. The van der Waals surface area contributed by atoms with Crippen LogP contribution in [0.4, 0.5) is 19.0 Å². The van der Waals surface area contributed by atoms with E-state index in [2.05, 4.69) is 17.3 Å². The van der Waals surface area contributed by atoms with E-state index in [0.717, 1.165) is 68.2 Å². The zero-order chi connectivity index (χ0) is 17.2. The van der Waals surface area contributed by atoms with Crippen LogP contribution in [0.2, 0.25) is 0 Å². The number of halogens is 3. The molecule has 1 N–H and O–H groups in total. The Morgan fingerprint density at radius 1 is 1.21 bits per heavy atom. The fraction of sp³-hybridized carbons (Fsp3) is 0.500. The highest BCUT2D eigenvalue weighted by molar-refractivity contribution is 5.56. The van der Waals surface area contributed by atoms with Crippen LogP contribution in [0.15, 0.2) is 24.3 Å². The first-order valence-corrected chi connectivity index (χ1v) is 8.53. The summed E-state index contributed by atoms with van der Waals surface area (Å²) < 4.78 is 41.6. The standard InChI is InChI=1S/C18H22F3N3/c1-2-3-10-15-13-8-6-7-12-22-17(13)24(23-15)16-11-5-4-9-14(16)18(19,20)21/h4-5,9,11,22H,2-3,6-8,10,12H2,1H3. The molecule has 0 aliphatic carbocycles. The van der Waals surface area contributed by atoms with Gasteiger partial charge in [0.05, 0.1) is 16.9 Å². The van der Waals surface area contributed by atoms with Crippen molar-refractivity contribution in [1.29, 1.82) is 0 Å². The SMILES string of the molecule is CCCCc1nn(-c2ccccc2C(F)(F)F)c2c1CCCCN2. The molecule has 0 atom stereocenters. The van der Waals surface area contributed by atoms with Gasteiger partial charge >= 0.3 is 6.18 Å². The van der Waals surface area contributed by atoms with Gasteiger partial charge in [-0.05, 0) is 44.2 Å². The number of fused-ring (bicyclic) bond motifs is 1. The Morgan fingerprint density at radius 2 is 2.00 bits per heavy atom. The molecule has 1 aliphatic heterocycles. The number of rotatable bonds is 4. The van der Waals surface area contributed by atoms with Crippen LogP contribution in [0, 0.1) is 0 Å². The summed E-state index contributed by atoms with van der Waals surface area (Å²) in [5, 5.41) is 7.87. The molecular weight excluding hydrogens is 315 g/mol. The zero-order valence-corrected chi connectivity index (χ0v) is 13.8. The average Bonchev–Trinajstić information content (AvgIpc) is 2.73. The second-order valence-electron chi connectivity index (χ2n) is 6.19. The molecule has 0 amide bonds. The van der Waals surface area contributed by atoms with Crippen molar-refractivity contribution in [2.24, 2.45) is 0 Å². The van der Waals surface area contributed by atoms with E-state index in [1.165, 1.54) is 16.8 Å². The van der Waals surface area contributed by atoms with E-state index in [-0.39, 0.29) is 5.69 Å². The first kappa shape index (κ1) is 16.9. The van der Waals surface area contributed by atoms with E-state index in [1.807, 2.05) is 0 Å². The molecule has 0 radical (unpaired) electrons. The van der Waals surface area contributed by atoms with Crippen LogP contribution in [-0.4, -0.2) is 16.3 Å². The number of para-hydroxylation sites is 1. The molecule has 1 aromatic heterocycles. The van der Waals surface area contributed by atoms with Gasteiger partial charge in [0, 0.05) is 12.1 Å². The molecule has 1 aromatic carbocycles. The molecule has 2 aromatic rings. The van der Waals surface area contributed by atoms with Gasteiger partial charge < -0.3 is 5.32 Å². The van der Waals surface area contributed by atoms with Crippen molar-refractivity contribution in [3.8, 4) is 5.69 Å². The van der Waals surface area contributed by atoms with Gasteiger partial charge in [-0.1, -0.05) is 25.5 Å². The Labute approximate surface area is 139 Å². The van der Waals surface area contributed by atoms with E-state index in [9.17, 15) is 13.2 Å². The normalized spacial score (nSPS) is 14.8. The van der Waals surface area contributed by atoms with Crippen LogP contribution in [0.25, 0.3) is 5.69 Å². The molecule has 6 heteroatoms. The first-order chi connectivity index (χ1) is 11.5. The highest BCUT2D eigenvalue weighted by Gasteiger charge is 2.35. The number of nitrogens with one attached hydrogen (secondary N) is 1. The molecule has 1 aliphatic rings. The van der Waals surface area contributed by atoms with Crippen LogP contribution in [0.1, 0.15) is 49.4 Å². The predicted molar refractivity (Wildman–Crippen MR) is 88.6 cm³/mol. The molecule has 0 saturated carbocycles. The largest absolute Gasteiger partial charge is 0.418 e. The molecule has 3 rings (SSSR count). The van der Waals surface area contributed by atoms with Crippen molar-refractivity contribution in [1.82, 2.24) is 9.78 Å². The Bertz CT molecular complexity index is 704. The smallest absolute Gasteiger partial charge is 0.370 e. The van der Waals surface area contributed by atoms with Crippen molar-refractivity contribution in [2.75, 3.05) is 11.9 Å². The second kappa shape index (κ2) is 6.87. The molecule has 0 saturated heterocycles. The summed E-state index contributed by atoms with van der Waals surface area (Å²) in [6.45, 7) is 2.87. The lowest BCUT2D eigenvalue weighted by atomic mass is 10.1. The lowest BCUT2D eigenvalue weighted by Crippen LogP contribution is -2.14. The Balaban J connectivity index is 2.13. The number of alkyl halides is 3. The fourth-order valence-corrected chi connectivity index (χ4v) is 3.19. The van der Waals surface area contributed by atoms with E-state index in [4.69, 9.17) is 0 Å². The molecule has 0 fully saturated rings. The van der Waals surface area contributed by atoms with E-state index in [1.54, 1.807) is 6.07 Å². The third-order valence-corrected chi connectivity index (χ3v) is 4.42. The van der Waals surface area contributed by atoms with Crippen molar-refractivity contribution in [2.45, 2.75) is 51.6 Å². The van der Waals surface area contributed by atoms with E-state index in [0.29, 0.717) is 0 Å². The van der Waals surface area contributed by atoms with Crippen molar-refractivity contribution >= 4 is 5.82 Å². The van der Waals surface area contributed by atoms with Gasteiger partial charge in [0.1, 0.15) is 5.82 Å². The summed E-state index contributed by atoms with van der Waals surface area (Å²) in [6, 6.07) is 5.65. The summed E-state index contributed by atoms with van der Waals surface area (Å²) in [5.74, 6) is 0.732. The number of unbranched alkanes of at least 4 members (excludes halogenated alkanes) is 1. The number of benzene rings is 1. The molecule has 2 heterocycles. The van der Waals surface area contributed by atoms with Gasteiger partial charge in [0.25, 0.3) is 0 Å². The number of anilines is 1. The number of aromatic nitrogens is 2. The minimum atomic E-state index is -4.40. The number of hydrogen-bond donors (Lipinski definition) is 1. The van der Waals surface area contributed by atoms with Crippen molar-refractivity contribution in [3.05, 3.63) is 41.1 Å². The van der Waals surface area contributed by atoms with Gasteiger partial charge in [0.15, 0.2) is 0 Å². The van der Waals surface area contributed by atoms with Crippen LogP contribution in [-0.2, 0) is 19.0 Å². The quantitative estimate of drug-likeness (QED) is 0.852. The molecular formula is C18H22F3N3. The summed E-state index contributed by atoms with van der Waals surface area (Å²) in [5.41, 5.74) is 1.46. The van der Waals surface area contributed by atoms with Crippen LogP contribution in [0.5, 0.6) is 0 Å². The average molecular weight is 337 g/mol. The molecule has 24 heavy (non-hydrogen) atoms. The van der Waals surface area contributed by atoms with Crippen molar-refractivity contribution in [3.63, 3.8) is 0 Å². The maximum atomic E-state index is 13.4. The number of nitrogens with zero attached hydrogens (tertiary/aromatic N) is 2. The fourth-order valence-electron chi connectivity index (χ4n) is 3.19. The molecule has 0 spiro atoms. The van der Waals surface area contributed by atoms with Gasteiger partial charge in [-0.2, -0.15) is 18.3 Å². The van der Waals surface area contributed by atoms with Crippen molar-refractivity contribution < 1.29 is 13.2 Å². The molecule has 130 valence electrons. The molecule has 0 bridgehead atoms. The predicted octanol–water partition coefficient (Wildman–Crippen LogP) is 4.98. The summed E-state index contributed by atoms with van der Waals surface area (Å²) in [4.78, 5) is 0. The Morgan fingerprint density at radius 3 is 2.75 bits per heavy atom. The lowest BCUT2D eigenvalue weighted by Gasteiger charge is -2.15. The minimum absolute atomic E-state index is 0.0957. The third kappa shape index (κ3) is 3.28. The van der Waals surface area contributed by atoms with Crippen LogP contribution in [0.3, 0.4) is 0 Å². The van der Waals surface area contributed by atoms with Gasteiger partial charge in [-0.25, -0.2) is 4.68 Å². The van der Waals surface area contributed by atoms with E-state index < -0.39 is 11.7 Å². The minimum Gasteiger partial charge on any atom is -0.370 e. The Hall–Kier alpha value is -1.98. The van der Waals surface area contributed by atoms with Gasteiger partial charge in [0.2, 0.25) is 0 Å². The Kier molecular flexibility index (Phi) is 4.83. The maximum Gasteiger partial charge on any atom is 0.418 e. The second-order valence-corrected chi connectivity index (χ2v) is 6.19. The number of aryl methyl sites for hydroxylation is 1. The monoisotopic (exact) mass is 337 g/mol. The topological polar surface area (TPSA) is 29.9 Å². The van der Waals surface area contributed by atoms with Crippen LogP contribution >= 0.6 is 0 Å². The van der Waals surface area contributed by atoms with Gasteiger partial charge in [-0.3, -0.25) is 0 Å². The third-order valence-electron chi connectivity index (χ3n) is 4.42.